The summed E-state index contributed by atoms with van der Waals surface area (Å²) in [6.45, 7) is 5.11. The lowest BCUT2D eigenvalue weighted by Gasteiger charge is -2.06. The average molecular weight is 192 g/mol. The zero-order valence-electron chi connectivity index (χ0n) is 7.77. The molecule has 1 rings (SSSR count). The molecule has 0 heterocycles. The Bertz CT molecular complexity index is 356. The summed E-state index contributed by atoms with van der Waals surface area (Å²) in [4.78, 5) is 20.8. The molecule has 0 spiro atoms. The molecule has 4 nitrogen and oxygen atoms in total. The summed E-state index contributed by atoms with van der Waals surface area (Å²) in [5, 5.41) is 10.3. The fourth-order valence-corrected chi connectivity index (χ4v) is 1.06. The summed E-state index contributed by atoms with van der Waals surface area (Å²) >= 11 is 0. The van der Waals surface area contributed by atoms with Crippen molar-refractivity contribution < 1.29 is 9.72 Å². The normalized spacial score (nSPS) is 12.1. The first kappa shape index (κ1) is 10.4. The fourth-order valence-electron chi connectivity index (χ4n) is 1.06. The fraction of sp³-hybridized carbons (Fsp3) is 0.200. The van der Waals surface area contributed by atoms with Crippen LogP contribution in [0.25, 0.3) is 0 Å². The Kier molecular flexibility index (Phi) is 2.96. The minimum Gasteiger partial charge on any atom is -0.299 e. The van der Waals surface area contributed by atoms with Crippen LogP contribution >= 0.6 is 0 Å². The van der Waals surface area contributed by atoms with E-state index in [1.807, 2.05) is 0 Å². The van der Waals surface area contributed by atoms with Crippen molar-refractivity contribution in [2.75, 3.05) is 0 Å². The van der Waals surface area contributed by atoms with Gasteiger partial charge in [-0.05, 0) is 19.4 Å². The molecule has 4 heteroatoms. The molecule has 1 radical (unpaired) electrons. The topological polar surface area (TPSA) is 60.2 Å². The minimum atomic E-state index is -0.477. The molecule has 0 aliphatic heterocycles. The predicted octanol–water partition coefficient (Wildman–Crippen LogP) is 2.10. The summed E-state index contributed by atoms with van der Waals surface area (Å²) in [5.74, 6) is -0.505. The summed E-state index contributed by atoms with van der Waals surface area (Å²) in [6, 6.07) is 5.85. The van der Waals surface area contributed by atoms with Gasteiger partial charge < -0.3 is 0 Å². The maximum atomic E-state index is 11.0. The third kappa shape index (κ3) is 2.16. The number of non-ortho nitro benzene ring substituents is 1. The summed E-state index contributed by atoms with van der Waals surface area (Å²) in [7, 11) is 0. The second-order valence-electron chi connectivity index (χ2n) is 3.01. The molecule has 0 aliphatic rings. The smallest absolute Gasteiger partial charge is 0.269 e. The van der Waals surface area contributed by atoms with Crippen LogP contribution in [-0.2, 0) is 4.79 Å². The van der Waals surface area contributed by atoms with E-state index in [0.29, 0.717) is 5.56 Å². The number of carbonyl (C=O) groups is 1. The molecule has 0 aromatic heterocycles. The highest BCUT2D eigenvalue weighted by atomic mass is 16.6. The van der Waals surface area contributed by atoms with E-state index in [2.05, 4.69) is 6.92 Å². The van der Waals surface area contributed by atoms with Crippen molar-refractivity contribution in [3.8, 4) is 0 Å². The lowest BCUT2D eigenvalue weighted by atomic mass is 9.98. The number of benzene rings is 1. The van der Waals surface area contributed by atoms with Gasteiger partial charge in [0, 0.05) is 18.1 Å². The summed E-state index contributed by atoms with van der Waals surface area (Å²) in [6.07, 6.45) is 0. The van der Waals surface area contributed by atoms with Crippen molar-refractivity contribution in [2.45, 2.75) is 12.8 Å². The Morgan fingerprint density at radius 3 is 2.29 bits per heavy atom. The van der Waals surface area contributed by atoms with Crippen LogP contribution in [0.5, 0.6) is 0 Å². The zero-order chi connectivity index (χ0) is 10.7. The van der Waals surface area contributed by atoms with Crippen LogP contribution in [-0.4, -0.2) is 10.7 Å². The third-order valence-electron chi connectivity index (χ3n) is 2.00. The summed E-state index contributed by atoms with van der Waals surface area (Å²) < 4.78 is 0. The van der Waals surface area contributed by atoms with Crippen LogP contribution < -0.4 is 0 Å². The Morgan fingerprint density at radius 2 is 1.93 bits per heavy atom. The van der Waals surface area contributed by atoms with E-state index >= 15 is 0 Å². The number of Topliss-reactive ketones (excluding diaryl/α,β-unsaturated/α-hetero) is 1. The van der Waals surface area contributed by atoms with Gasteiger partial charge >= 0.3 is 0 Å². The van der Waals surface area contributed by atoms with E-state index in [4.69, 9.17) is 0 Å². The van der Waals surface area contributed by atoms with Crippen LogP contribution in [0.1, 0.15) is 18.4 Å². The lowest BCUT2D eigenvalue weighted by Crippen LogP contribution is -2.04. The van der Waals surface area contributed by atoms with Gasteiger partial charge in [0.2, 0.25) is 0 Å². The second kappa shape index (κ2) is 4.00. The molecule has 1 aromatic carbocycles. The van der Waals surface area contributed by atoms with Crippen LogP contribution in [0, 0.1) is 17.0 Å². The molecule has 0 fully saturated rings. The van der Waals surface area contributed by atoms with Crippen LogP contribution in [0.4, 0.5) is 5.69 Å². The average Bonchev–Trinajstić information content (AvgIpc) is 2.16. The molecular weight excluding hydrogens is 182 g/mol. The molecule has 0 N–H and O–H groups in total. The number of nitro groups is 1. The van der Waals surface area contributed by atoms with Gasteiger partial charge in [0.1, 0.15) is 5.78 Å². The molecule has 73 valence electrons. The first-order valence-electron chi connectivity index (χ1n) is 4.10. The predicted molar refractivity (Wildman–Crippen MR) is 51.9 cm³/mol. The number of hydrogen-bond donors (Lipinski definition) is 0. The standard InChI is InChI=1S/C10H10NO3/c1-7(8(2)12)9-3-5-10(6-4-9)11(13)14/h3-7H,1H2,2H3. The minimum absolute atomic E-state index is 0.0181. The SMILES string of the molecule is [CH2]C(C(C)=O)c1ccc([N+](=O)[O-])cc1. The number of nitrogens with zero attached hydrogens (tertiary/aromatic N) is 1. The van der Waals surface area contributed by atoms with Crippen molar-refractivity contribution in [3.63, 3.8) is 0 Å². The Labute approximate surface area is 81.7 Å². The highest BCUT2D eigenvalue weighted by molar-refractivity contribution is 5.84. The first-order valence-corrected chi connectivity index (χ1v) is 4.10. The zero-order valence-corrected chi connectivity index (χ0v) is 7.77. The van der Waals surface area contributed by atoms with Gasteiger partial charge in [-0.1, -0.05) is 12.1 Å². The van der Waals surface area contributed by atoms with Crippen molar-refractivity contribution in [3.05, 3.63) is 46.9 Å². The van der Waals surface area contributed by atoms with Crippen LogP contribution in [0.3, 0.4) is 0 Å². The van der Waals surface area contributed by atoms with Gasteiger partial charge in [0.15, 0.2) is 0 Å². The third-order valence-corrected chi connectivity index (χ3v) is 2.00. The molecule has 0 bridgehead atoms. The van der Waals surface area contributed by atoms with Crippen molar-refractivity contribution in [2.24, 2.45) is 0 Å². The van der Waals surface area contributed by atoms with Gasteiger partial charge in [0.25, 0.3) is 5.69 Å². The van der Waals surface area contributed by atoms with Crippen molar-refractivity contribution in [1.29, 1.82) is 0 Å². The van der Waals surface area contributed by atoms with E-state index in [0.717, 1.165) is 0 Å². The van der Waals surface area contributed by atoms with E-state index in [9.17, 15) is 14.9 Å². The van der Waals surface area contributed by atoms with Gasteiger partial charge in [-0.15, -0.1) is 0 Å². The summed E-state index contributed by atoms with van der Waals surface area (Å²) in [5.41, 5.74) is 0.715. The van der Waals surface area contributed by atoms with E-state index in [1.54, 1.807) is 12.1 Å². The van der Waals surface area contributed by atoms with Crippen LogP contribution in [0.2, 0.25) is 0 Å². The number of nitro benzene ring substituents is 1. The first-order chi connectivity index (χ1) is 6.52. The van der Waals surface area contributed by atoms with E-state index in [1.165, 1.54) is 19.1 Å². The largest absolute Gasteiger partial charge is 0.299 e. The number of hydrogen-bond acceptors (Lipinski definition) is 3. The monoisotopic (exact) mass is 192 g/mol. The molecule has 1 atom stereocenters. The van der Waals surface area contributed by atoms with Gasteiger partial charge in [-0.25, -0.2) is 0 Å². The van der Waals surface area contributed by atoms with Gasteiger partial charge in [0.05, 0.1) is 4.92 Å². The quantitative estimate of drug-likeness (QED) is 0.544. The highest BCUT2D eigenvalue weighted by Gasteiger charge is 2.12. The number of carbonyl (C=O) groups excluding carboxylic acids is 1. The molecule has 0 saturated carbocycles. The highest BCUT2D eigenvalue weighted by Crippen LogP contribution is 2.19. The maximum absolute atomic E-state index is 11.0. The Balaban J connectivity index is 2.94. The number of ketones is 1. The second-order valence-corrected chi connectivity index (χ2v) is 3.01. The van der Waals surface area contributed by atoms with Crippen LogP contribution in [0.15, 0.2) is 24.3 Å². The Morgan fingerprint density at radius 1 is 1.43 bits per heavy atom. The molecule has 0 aliphatic carbocycles. The van der Waals surface area contributed by atoms with E-state index in [-0.39, 0.29) is 11.5 Å². The Hall–Kier alpha value is -1.71. The lowest BCUT2D eigenvalue weighted by molar-refractivity contribution is -0.384. The van der Waals surface area contributed by atoms with Gasteiger partial charge in [-0.2, -0.15) is 0 Å². The van der Waals surface area contributed by atoms with E-state index < -0.39 is 10.8 Å². The number of rotatable bonds is 3. The maximum Gasteiger partial charge on any atom is 0.269 e. The molecule has 14 heavy (non-hydrogen) atoms. The molecule has 1 unspecified atom stereocenters. The van der Waals surface area contributed by atoms with Crippen molar-refractivity contribution >= 4 is 11.5 Å². The molecule has 0 amide bonds. The molecular formula is C10H10NO3. The molecule has 1 aromatic rings. The molecule has 0 saturated heterocycles. The van der Waals surface area contributed by atoms with Crippen molar-refractivity contribution in [1.82, 2.24) is 0 Å². The van der Waals surface area contributed by atoms with Gasteiger partial charge in [-0.3, -0.25) is 14.9 Å².